The average molecular weight is 388 g/mol. The maximum Gasteiger partial charge on any atom is 0.320 e. The monoisotopic (exact) mass is 388 g/mol. The number of rotatable bonds is 10. The van der Waals surface area contributed by atoms with Gasteiger partial charge in [-0.3, -0.25) is 14.9 Å². The fourth-order valence-corrected chi connectivity index (χ4v) is 3.50. The first-order valence-electron chi connectivity index (χ1n) is 8.88. The highest BCUT2D eigenvalue weighted by atomic mass is 32.2. The largest absolute Gasteiger partial charge is 0.480 e. The van der Waals surface area contributed by atoms with Crippen LogP contribution >= 0.6 is 11.8 Å². The number of hydrogen-bond acceptors (Lipinski definition) is 5. The van der Waals surface area contributed by atoms with Crippen molar-refractivity contribution in [3.63, 3.8) is 0 Å². The van der Waals surface area contributed by atoms with Gasteiger partial charge in [0.05, 0.1) is 9.82 Å². The maximum atomic E-state index is 11.5. The smallest absolute Gasteiger partial charge is 0.320 e. The normalized spacial score (nSPS) is 11.9. The molecule has 2 aromatic carbocycles. The van der Waals surface area contributed by atoms with Crippen LogP contribution < -0.4 is 5.32 Å². The first-order chi connectivity index (χ1) is 12.9. The topological polar surface area (TPSA) is 92.5 Å². The van der Waals surface area contributed by atoms with Crippen LogP contribution in [0.5, 0.6) is 0 Å². The van der Waals surface area contributed by atoms with Crippen LogP contribution in [0.2, 0.25) is 0 Å². The average Bonchev–Trinajstić information content (AvgIpc) is 2.64. The molecule has 2 rings (SSSR count). The SMILES string of the molecule is CCCC[C@H](NCc1ccc(Sc2ccc(C)cc2)c([N+](=O)[O-])c1)C(=O)O. The minimum absolute atomic E-state index is 0.0281. The number of nitrogens with zero attached hydrogens (tertiary/aromatic N) is 1. The summed E-state index contributed by atoms with van der Waals surface area (Å²) in [6.07, 6.45) is 2.27. The summed E-state index contributed by atoms with van der Waals surface area (Å²) in [4.78, 5) is 23.9. The van der Waals surface area contributed by atoms with Crippen molar-refractivity contribution in [2.45, 2.75) is 55.5 Å². The number of carboxylic acid groups (broad SMARTS) is 1. The van der Waals surface area contributed by atoms with Crippen LogP contribution in [0.15, 0.2) is 52.3 Å². The van der Waals surface area contributed by atoms with Crippen LogP contribution in [-0.2, 0) is 11.3 Å². The van der Waals surface area contributed by atoms with E-state index in [2.05, 4.69) is 5.32 Å². The molecular weight excluding hydrogens is 364 g/mol. The molecular formula is C20H24N2O4S. The number of nitro benzene ring substituents is 1. The summed E-state index contributed by atoms with van der Waals surface area (Å²) in [5.74, 6) is -0.899. The minimum Gasteiger partial charge on any atom is -0.480 e. The molecule has 7 heteroatoms. The molecule has 0 aromatic heterocycles. The van der Waals surface area contributed by atoms with Crippen LogP contribution in [0.3, 0.4) is 0 Å². The Morgan fingerprint density at radius 1 is 1.26 bits per heavy atom. The van der Waals surface area contributed by atoms with Gasteiger partial charge in [-0.25, -0.2) is 0 Å². The number of benzene rings is 2. The highest BCUT2D eigenvalue weighted by molar-refractivity contribution is 7.99. The van der Waals surface area contributed by atoms with E-state index in [-0.39, 0.29) is 12.2 Å². The van der Waals surface area contributed by atoms with Crippen molar-refractivity contribution in [2.24, 2.45) is 0 Å². The third kappa shape index (κ3) is 6.37. The fraction of sp³-hybridized carbons (Fsp3) is 0.350. The van der Waals surface area contributed by atoms with Crippen LogP contribution in [0, 0.1) is 17.0 Å². The van der Waals surface area contributed by atoms with E-state index in [1.807, 2.05) is 38.1 Å². The molecule has 0 saturated carbocycles. The van der Waals surface area contributed by atoms with Crippen LogP contribution in [-0.4, -0.2) is 22.0 Å². The van der Waals surface area contributed by atoms with E-state index < -0.39 is 16.9 Å². The van der Waals surface area contributed by atoms with Gasteiger partial charge in [-0.15, -0.1) is 0 Å². The molecule has 27 heavy (non-hydrogen) atoms. The Hall–Kier alpha value is -2.38. The predicted molar refractivity (Wildman–Crippen MR) is 106 cm³/mol. The Balaban J connectivity index is 2.13. The van der Waals surface area contributed by atoms with Crippen molar-refractivity contribution in [1.29, 1.82) is 0 Å². The summed E-state index contributed by atoms with van der Waals surface area (Å²) < 4.78 is 0. The summed E-state index contributed by atoms with van der Waals surface area (Å²) >= 11 is 1.34. The molecule has 2 N–H and O–H groups in total. The van der Waals surface area contributed by atoms with Gasteiger partial charge in [0.15, 0.2) is 0 Å². The molecule has 0 amide bonds. The van der Waals surface area contributed by atoms with E-state index in [9.17, 15) is 20.0 Å². The second kappa shape index (κ2) is 10.1. The number of aliphatic carboxylic acids is 1. The van der Waals surface area contributed by atoms with Gasteiger partial charge in [-0.05, 0) is 37.1 Å². The van der Waals surface area contributed by atoms with Gasteiger partial charge >= 0.3 is 5.97 Å². The zero-order chi connectivity index (χ0) is 19.8. The molecule has 0 heterocycles. The van der Waals surface area contributed by atoms with E-state index in [0.29, 0.717) is 16.9 Å². The number of nitrogens with one attached hydrogen (secondary N) is 1. The predicted octanol–water partition coefficient (Wildman–Crippen LogP) is 4.79. The molecule has 2 aromatic rings. The van der Waals surface area contributed by atoms with Crippen molar-refractivity contribution < 1.29 is 14.8 Å². The molecule has 0 aliphatic heterocycles. The summed E-state index contributed by atoms with van der Waals surface area (Å²) in [6.45, 7) is 4.27. The summed E-state index contributed by atoms with van der Waals surface area (Å²) in [7, 11) is 0. The van der Waals surface area contributed by atoms with E-state index >= 15 is 0 Å². The molecule has 0 fully saturated rings. The maximum absolute atomic E-state index is 11.5. The quantitative estimate of drug-likeness (QED) is 0.449. The van der Waals surface area contributed by atoms with Crippen LogP contribution in [0.1, 0.15) is 37.3 Å². The van der Waals surface area contributed by atoms with E-state index in [4.69, 9.17) is 0 Å². The molecule has 0 aliphatic rings. The van der Waals surface area contributed by atoms with Gasteiger partial charge in [0.25, 0.3) is 5.69 Å². The molecule has 0 aliphatic carbocycles. The lowest BCUT2D eigenvalue weighted by Crippen LogP contribution is -2.36. The zero-order valence-corrected chi connectivity index (χ0v) is 16.3. The molecule has 0 unspecified atom stereocenters. The number of carboxylic acids is 1. The number of aryl methyl sites for hydroxylation is 1. The van der Waals surface area contributed by atoms with Gasteiger partial charge < -0.3 is 10.4 Å². The van der Waals surface area contributed by atoms with Gasteiger partial charge in [-0.2, -0.15) is 0 Å². The van der Waals surface area contributed by atoms with Crippen molar-refractivity contribution >= 4 is 23.4 Å². The second-order valence-electron chi connectivity index (χ2n) is 6.39. The van der Waals surface area contributed by atoms with E-state index in [0.717, 1.165) is 23.3 Å². The third-order valence-electron chi connectivity index (χ3n) is 4.17. The Labute approximate surface area is 163 Å². The fourth-order valence-electron chi connectivity index (χ4n) is 2.60. The molecule has 0 radical (unpaired) electrons. The second-order valence-corrected chi connectivity index (χ2v) is 7.50. The molecule has 144 valence electrons. The molecule has 6 nitrogen and oxygen atoms in total. The van der Waals surface area contributed by atoms with E-state index in [1.165, 1.54) is 17.8 Å². The lowest BCUT2D eigenvalue weighted by molar-refractivity contribution is -0.387. The number of carbonyl (C=O) groups is 1. The van der Waals surface area contributed by atoms with Crippen molar-refractivity contribution in [3.05, 3.63) is 63.7 Å². The minimum atomic E-state index is -0.899. The first-order valence-corrected chi connectivity index (χ1v) is 9.70. The number of nitro groups is 1. The van der Waals surface area contributed by atoms with Crippen molar-refractivity contribution in [2.75, 3.05) is 0 Å². The van der Waals surface area contributed by atoms with Crippen LogP contribution in [0.25, 0.3) is 0 Å². The van der Waals surface area contributed by atoms with Gasteiger partial charge in [-0.1, -0.05) is 55.3 Å². The van der Waals surface area contributed by atoms with Crippen molar-refractivity contribution in [1.82, 2.24) is 5.32 Å². The lowest BCUT2D eigenvalue weighted by atomic mass is 10.1. The highest BCUT2D eigenvalue weighted by Crippen LogP contribution is 2.35. The van der Waals surface area contributed by atoms with Crippen LogP contribution in [0.4, 0.5) is 5.69 Å². The summed E-state index contributed by atoms with van der Waals surface area (Å²) in [6, 6.07) is 12.2. The number of unbranched alkanes of at least 4 members (excludes halogenated alkanes) is 1. The van der Waals surface area contributed by atoms with E-state index in [1.54, 1.807) is 12.1 Å². The summed E-state index contributed by atoms with van der Waals surface area (Å²) in [5.41, 5.74) is 1.85. The molecule has 1 atom stereocenters. The Bertz CT molecular complexity index is 793. The highest BCUT2D eigenvalue weighted by Gasteiger charge is 2.18. The summed E-state index contributed by atoms with van der Waals surface area (Å²) in [5, 5.41) is 23.7. The van der Waals surface area contributed by atoms with Gasteiger partial charge in [0.2, 0.25) is 0 Å². The number of hydrogen-bond donors (Lipinski definition) is 2. The first kappa shape index (κ1) is 20.9. The van der Waals surface area contributed by atoms with Crippen molar-refractivity contribution in [3.8, 4) is 0 Å². The third-order valence-corrected chi connectivity index (χ3v) is 5.24. The Morgan fingerprint density at radius 2 is 1.96 bits per heavy atom. The zero-order valence-electron chi connectivity index (χ0n) is 15.5. The molecule has 0 spiro atoms. The van der Waals surface area contributed by atoms with Gasteiger partial charge in [0, 0.05) is 17.5 Å². The van der Waals surface area contributed by atoms with Gasteiger partial charge in [0.1, 0.15) is 6.04 Å². The molecule has 0 saturated heterocycles. The Kier molecular flexibility index (Phi) is 7.82. The molecule has 0 bridgehead atoms. The lowest BCUT2D eigenvalue weighted by Gasteiger charge is -2.14. The Morgan fingerprint density at radius 3 is 2.56 bits per heavy atom. The standard InChI is InChI=1S/C20H24N2O4S/c1-3-4-5-17(20(23)24)21-13-15-8-11-19(18(12-15)22(25)26)27-16-9-6-14(2)7-10-16/h6-12,17,21H,3-5,13H2,1-2H3,(H,23,24)/t17-/m0/s1.